The number of carbonyl (C=O) groups excluding carboxylic acids is 4. The monoisotopic (exact) mass is 387 g/mol. The summed E-state index contributed by atoms with van der Waals surface area (Å²) in [6.07, 6.45) is 2.10. The quantitative estimate of drug-likeness (QED) is 0.341. The summed E-state index contributed by atoms with van der Waals surface area (Å²) in [5.74, 6) is -1.99. The Bertz CT molecular complexity index is 795. The minimum atomic E-state index is -0.943. The Labute approximate surface area is 163 Å². The number of hydrogen-bond acceptors (Lipinski definition) is 7. The van der Waals surface area contributed by atoms with E-state index in [0.717, 1.165) is 36.5 Å². The average Bonchev–Trinajstić information content (AvgIpc) is 2.92. The van der Waals surface area contributed by atoms with Crippen molar-refractivity contribution in [2.75, 3.05) is 31.5 Å². The highest BCUT2D eigenvalue weighted by Crippen LogP contribution is 2.29. The first kappa shape index (κ1) is 20.0. The molecular weight excluding hydrogens is 362 g/mol. The summed E-state index contributed by atoms with van der Waals surface area (Å²) in [6.45, 7) is 3.14. The molecule has 0 aliphatic carbocycles. The highest BCUT2D eigenvalue weighted by molar-refractivity contribution is 6.23. The fraction of sp³-hybridized carbons (Fsp3) is 0.474. The molecule has 1 aromatic carbocycles. The van der Waals surface area contributed by atoms with E-state index in [2.05, 4.69) is 16.0 Å². The number of nitrogens with two attached hydrogens (primary N) is 1. The van der Waals surface area contributed by atoms with Crippen LogP contribution in [-0.4, -0.2) is 60.7 Å². The Morgan fingerprint density at radius 2 is 1.79 bits per heavy atom. The summed E-state index contributed by atoms with van der Waals surface area (Å²) >= 11 is 0. The van der Waals surface area contributed by atoms with Crippen molar-refractivity contribution in [1.29, 1.82) is 0 Å². The Morgan fingerprint density at radius 3 is 2.54 bits per heavy atom. The van der Waals surface area contributed by atoms with Crippen molar-refractivity contribution >= 4 is 29.3 Å². The van der Waals surface area contributed by atoms with E-state index >= 15 is 0 Å². The Kier molecular flexibility index (Phi) is 6.37. The summed E-state index contributed by atoms with van der Waals surface area (Å²) in [5, 5.41) is 8.72. The van der Waals surface area contributed by atoms with E-state index in [9.17, 15) is 19.2 Å². The van der Waals surface area contributed by atoms with Crippen LogP contribution in [0.5, 0.6) is 0 Å². The van der Waals surface area contributed by atoms with Gasteiger partial charge in [-0.1, -0.05) is 0 Å². The first-order valence-corrected chi connectivity index (χ1v) is 9.53. The van der Waals surface area contributed by atoms with Gasteiger partial charge in [-0.25, -0.2) is 0 Å². The Morgan fingerprint density at radius 1 is 1.04 bits per heavy atom. The van der Waals surface area contributed by atoms with Gasteiger partial charge in [0.25, 0.3) is 11.8 Å². The Balaban J connectivity index is 1.60. The van der Waals surface area contributed by atoms with Gasteiger partial charge in [0.15, 0.2) is 0 Å². The molecule has 0 saturated carbocycles. The standard InChI is InChI=1S/C19H25N5O4/c20-7-1-8-21-9-2-10-22-12-3-4-13-14(11-12)19(28)24(18(13)27)15-5-6-16(25)23-17(15)26/h3-4,11,15,21-22H,1-2,5-10,20H2,(H,23,25,26). The predicted octanol–water partition coefficient (Wildman–Crippen LogP) is -0.172. The normalized spacial score (nSPS) is 19.0. The topological polar surface area (TPSA) is 134 Å². The molecule has 5 N–H and O–H groups in total. The third kappa shape index (κ3) is 4.20. The third-order valence-corrected chi connectivity index (χ3v) is 4.86. The van der Waals surface area contributed by atoms with Crippen LogP contribution in [0.4, 0.5) is 5.69 Å². The van der Waals surface area contributed by atoms with Crippen molar-refractivity contribution in [2.45, 2.75) is 31.7 Å². The molecule has 2 aliphatic rings. The Hall–Kier alpha value is -2.78. The van der Waals surface area contributed by atoms with Crippen LogP contribution in [0.1, 0.15) is 46.4 Å². The number of carbonyl (C=O) groups is 4. The molecular formula is C19H25N5O4. The van der Waals surface area contributed by atoms with E-state index < -0.39 is 23.8 Å². The second-order valence-corrected chi connectivity index (χ2v) is 6.88. The summed E-state index contributed by atoms with van der Waals surface area (Å²) in [7, 11) is 0. The van der Waals surface area contributed by atoms with Gasteiger partial charge in [-0.2, -0.15) is 0 Å². The second kappa shape index (κ2) is 8.94. The third-order valence-electron chi connectivity index (χ3n) is 4.86. The van der Waals surface area contributed by atoms with Gasteiger partial charge in [-0.05, 0) is 57.1 Å². The van der Waals surface area contributed by atoms with Crippen LogP contribution in [0.25, 0.3) is 0 Å². The molecule has 3 rings (SSSR count). The zero-order valence-electron chi connectivity index (χ0n) is 15.6. The minimum absolute atomic E-state index is 0.107. The molecule has 0 aromatic heterocycles. The van der Waals surface area contributed by atoms with Gasteiger partial charge in [-0.15, -0.1) is 0 Å². The number of benzene rings is 1. The van der Waals surface area contributed by atoms with Crippen molar-refractivity contribution < 1.29 is 19.2 Å². The lowest BCUT2D eigenvalue weighted by Crippen LogP contribution is -2.54. The second-order valence-electron chi connectivity index (χ2n) is 6.88. The lowest BCUT2D eigenvalue weighted by Gasteiger charge is -2.27. The van der Waals surface area contributed by atoms with Gasteiger partial charge >= 0.3 is 0 Å². The lowest BCUT2D eigenvalue weighted by molar-refractivity contribution is -0.136. The van der Waals surface area contributed by atoms with Crippen LogP contribution in [0, 0.1) is 0 Å². The lowest BCUT2D eigenvalue weighted by atomic mass is 10.0. The molecule has 1 saturated heterocycles. The molecule has 150 valence electrons. The molecule has 0 bridgehead atoms. The zero-order valence-corrected chi connectivity index (χ0v) is 15.6. The maximum atomic E-state index is 12.8. The summed E-state index contributed by atoms with van der Waals surface area (Å²) in [5.41, 5.74) is 6.74. The van der Waals surface area contributed by atoms with Crippen LogP contribution >= 0.6 is 0 Å². The fourth-order valence-electron chi connectivity index (χ4n) is 3.38. The molecule has 0 spiro atoms. The number of piperidine rings is 1. The van der Waals surface area contributed by atoms with Crippen molar-refractivity contribution in [3.63, 3.8) is 0 Å². The van der Waals surface area contributed by atoms with E-state index in [4.69, 9.17) is 5.73 Å². The maximum Gasteiger partial charge on any atom is 0.262 e. The highest BCUT2D eigenvalue weighted by atomic mass is 16.2. The van der Waals surface area contributed by atoms with Crippen molar-refractivity contribution in [3.05, 3.63) is 29.3 Å². The SMILES string of the molecule is NCCCNCCCNc1ccc2c(c1)C(=O)N(C1CCC(=O)NC1=O)C2=O. The van der Waals surface area contributed by atoms with Gasteiger partial charge in [0.2, 0.25) is 11.8 Å². The number of hydrogen-bond donors (Lipinski definition) is 4. The molecule has 1 aromatic rings. The maximum absolute atomic E-state index is 12.8. The molecule has 9 heteroatoms. The average molecular weight is 387 g/mol. The van der Waals surface area contributed by atoms with Crippen LogP contribution in [0.15, 0.2) is 18.2 Å². The molecule has 9 nitrogen and oxygen atoms in total. The number of nitrogens with one attached hydrogen (secondary N) is 3. The van der Waals surface area contributed by atoms with Crippen LogP contribution in [-0.2, 0) is 9.59 Å². The van der Waals surface area contributed by atoms with Gasteiger partial charge in [-0.3, -0.25) is 29.4 Å². The largest absolute Gasteiger partial charge is 0.385 e. The van der Waals surface area contributed by atoms with Gasteiger partial charge in [0.1, 0.15) is 6.04 Å². The molecule has 4 amide bonds. The van der Waals surface area contributed by atoms with Crippen LogP contribution in [0.3, 0.4) is 0 Å². The number of amides is 4. The first-order valence-electron chi connectivity index (χ1n) is 9.53. The fourth-order valence-corrected chi connectivity index (χ4v) is 3.38. The number of anilines is 1. The van der Waals surface area contributed by atoms with Crippen molar-refractivity contribution in [2.24, 2.45) is 5.73 Å². The number of fused-ring (bicyclic) bond motifs is 1. The van der Waals surface area contributed by atoms with Gasteiger partial charge < -0.3 is 16.4 Å². The highest BCUT2D eigenvalue weighted by Gasteiger charge is 2.44. The number of nitrogens with zero attached hydrogens (tertiary/aromatic N) is 1. The zero-order chi connectivity index (χ0) is 20.1. The van der Waals surface area contributed by atoms with Crippen molar-refractivity contribution in [1.82, 2.24) is 15.5 Å². The summed E-state index contributed by atoms with van der Waals surface area (Å²) in [4.78, 5) is 49.7. The summed E-state index contributed by atoms with van der Waals surface area (Å²) in [6, 6.07) is 4.05. The van der Waals surface area contributed by atoms with E-state index in [0.29, 0.717) is 13.1 Å². The summed E-state index contributed by atoms with van der Waals surface area (Å²) < 4.78 is 0. The van der Waals surface area contributed by atoms with Gasteiger partial charge in [0, 0.05) is 18.7 Å². The van der Waals surface area contributed by atoms with Crippen LogP contribution < -0.4 is 21.7 Å². The van der Waals surface area contributed by atoms with E-state index in [-0.39, 0.29) is 29.9 Å². The molecule has 1 fully saturated rings. The molecule has 1 unspecified atom stereocenters. The van der Waals surface area contributed by atoms with E-state index in [1.165, 1.54) is 0 Å². The molecule has 2 heterocycles. The van der Waals surface area contributed by atoms with Crippen molar-refractivity contribution in [3.8, 4) is 0 Å². The van der Waals surface area contributed by atoms with Gasteiger partial charge in [0.05, 0.1) is 11.1 Å². The minimum Gasteiger partial charge on any atom is -0.385 e. The smallest absolute Gasteiger partial charge is 0.262 e. The molecule has 28 heavy (non-hydrogen) atoms. The molecule has 2 aliphatic heterocycles. The predicted molar refractivity (Wildman–Crippen MR) is 103 cm³/mol. The number of rotatable bonds is 9. The van der Waals surface area contributed by atoms with E-state index in [1.54, 1.807) is 18.2 Å². The first-order chi connectivity index (χ1) is 13.5. The van der Waals surface area contributed by atoms with Crippen LogP contribution in [0.2, 0.25) is 0 Å². The molecule has 0 radical (unpaired) electrons. The number of imide groups is 2. The molecule has 1 atom stereocenters. The van der Waals surface area contributed by atoms with E-state index in [1.807, 2.05) is 0 Å².